The molecule has 0 bridgehead atoms. The van der Waals surface area contributed by atoms with E-state index in [0.29, 0.717) is 5.75 Å². The minimum absolute atomic E-state index is 0.0160. The second-order valence-corrected chi connectivity index (χ2v) is 7.22. The van der Waals surface area contributed by atoms with Gasteiger partial charge in [-0.15, -0.1) is 0 Å². The Kier molecular flexibility index (Phi) is 3.97. The third kappa shape index (κ3) is 2.29. The number of ether oxygens (including phenoxy) is 3. The largest absolute Gasteiger partial charge is 0.497 e. The molecule has 0 saturated heterocycles. The van der Waals surface area contributed by atoms with Crippen LogP contribution in [0.1, 0.15) is 12.8 Å². The van der Waals surface area contributed by atoms with Crippen LogP contribution in [-0.2, 0) is 19.3 Å². The van der Waals surface area contributed by atoms with Gasteiger partial charge >= 0.3 is 0 Å². The number of rotatable bonds is 5. The fourth-order valence-electron chi connectivity index (χ4n) is 2.50. The fourth-order valence-corrected chi connectivity index (χ4v) is 4.39. The maximum absolute atomic E-state index is 12.7. The third-order valence-corrected chi connectivity index (χ3v) is 6.24. The molecular formula is C14H17NO5S. The molecule has 0 spiro atoms. The molecule has 0 radical (unpaired) electrons. The van der Waals surface area contributed by atoms with Gasteiger partial charge in [-0.1, -0.05) is 0 Å². The van der Waals surface area contributed by atoms with E-state index in [4.69, 9.17) is 14.2 Å². The Labute approximate surface area is 124 Å². The molecule has 1 aliphatic carbocycles. The Morgan fingerprint density at radius 2 is 1.62 bits per heavy atom. The van der Waals surface area contributed by atoms with Gasteiger partial charge < -0.3 is 14.2 Å². The van der Waals surface area contributed by atoms with Crippen LogP contribution in [0.3, 0.4) is 0 Å². The second-order valence-electron chi connectivity index (χ2n) is 4.96. The molecule has 21 heavy (non-hydrogen) atoms. The van der Waals surface area contributed by atoms with E-state index >= 15 is 0 Å². The molecule has 0 unspecified atom stereocenters. The van der Waals surface area contributed by atoms with Crippen molar-refractivity contribution in [3.8, 4) is 11.8 Å². The van der Waals surface area contributed by atoms with Crippen LogP contribution in [0.2, 0.25) is 0 Å². The van der Waals surface area contributed by atoms with Gasteiger partial charge in [-0.05, 0) is 24.3 Å². The summed E-state index contributed by atoms with van der Waals surface area (Å²) in [7, 11) is 0.562. The number of hydrogen-bond acceptors (Lipinski definition) is 6. The summed E-state index contributed by atoms with van der Waals surface area (Å²) in [6.45, 7) is 0. The molecule has 0 N–H and O–H groups in total. The summed E-state index contributed by atoms with van der Waals surface area (Å²) < 4.78 is 39.3. The monoisotopic (exact) mass is 311 g/mol. The number of sulfone groups is 1. The van der Waals surface area contributed by atoms with Crippen LogP contribution >= 0.6 is 0 Å². The molecule has 114 valence electrons. The van der Waals surface area contributed by atoms with Gasteiger partial charge in [0, 0.05) is 27.1 Å². The molecule has 0 aliphatic heterocycles. The van der Waals surface area contributed by atoms with E-state index in [-0.39, 0.29) is 17.7 Å². The second kappa shape index (κ2) is 5.30. The van der Waals surface area contributed by atoms with Crippen molar-refractivity contribution in [2.75, 3.05) is 21.3 Å². The van der Waals surface area contributed by atoms with Crippen molar-refractivity contribution in [3.63, 3.8) is 0 Å². The Morgan fingerprint density at radius 1 is 1.10 bits per heavy atom. The summed E-state index contributed by atoms with van der Waals surface area (Å²) in [5.74, 6) is -0.452. The maximum Gasteiger partial charge on any atom is 0.197 e. The van der Waals surface area contributed by atoms with Crippen molar-refractivity contribution in [1.82, 2.24) is 0 Å². The summed E-state index contributed by atoms with van der Waals surface area (Å²) in [5.41, 5.74) is 0. The Hall–Kier alpha value is -1.62. The standard InChI is InChI=1S/C14H17NO5S/c1-18-11-4-6-12(7-5-11)21(16,17)13(10-15)8-14(9-13,19-2)20-3/h4-7H,8-9H2,1-3H3. The highest BCUT2D eigenvalue weighted by atomic mass is 32.2. The highest BCUT2D eigenvalue weighted by Crippen LogP contribution is 2.50. The van der Waals surface area contributed by atoms with E-state index in [1.54, 1.807) is 12.1 Å². The van der Waals surface area contributed by atoms with Crippen LogP contribution < -0.4 is 4.74 Å². The lowest BCUT2D eigenvalue weighted by atomic mass is 9.78. The Balaban J connectivity index is 2.36. The normalized spacial score (nSPS) is 19.3. The number of nitriles is 1. The highest BCUT2D eigenvalue weighted by Gasteiger charge is 2.64. The molecule has 1 saturated carbocycles. The summed E-state index contributed by atoms with van der Waals surface area (Å²) in [6, 6.07) is 7.91. The zero-order valence-electron chi connectivity index (χ0n) is 12.1. The number of benzene rings is 1. The predicted molar refractivity (Wildman–Crippen MR) is 74.5 cm³/mol. The lowest BCUT2D eigenvalue weighted by molar-refractivity contribution is -0.256. The van der Waals surface area contributed by atoms with Crippen LogP contribution in [0.15, 0.2) is 29.2 Å². The summed E-state index contributed by atoms with van der Waals surface area (Å²) in [6.07, 6.45) is -0.0320. The predicted octanol–water partition coefficient (Wildman–Crippen LogP) is 1.51. The van der Waals surface area contributed by atoms with Gasteiger partial charge in [0.1, 0.15) is 5.75 Å². The summed E-state index contributed by atoms with van der Waals surface area (Å²) >= 11 is 0. The van der Waals surface area contributed by atoms with Crippen molar-refractivity contribution in [2.45, 2.75) is 28.3 Å². The summed E-state index contributed by atoms with van der Waals surface area (Å²) in [5, 5.41) is 9.39. The van der Waals surface area contributed by atoms with Crippen molar-refractivity contribution < 1.29 is 22.6 Å². The first kappa shape index (κ1) is 15.8. The molecule has 0 heterocycles. The van der Waals surface area contributed by atoms with E-state index in [9.17, 15) is 13.7 Å². The van der Waals surface area contributed by atoms with Crippen molar-refractivity contribution in [3.05, 3.63) is 24.3 Å². The van der Waals surface area contributed by atoms with Crippen LogP contribution in [0, 0.1) is 11.3 Å². The van der Waals surface area contributed by atoms with Crippen LogP contribution in [-0.4, -0.2) is 40.3 Å². The van der Waals surface area contributed by atoms with Crippen LogP contribution in [0.25, 0.3) is 0 Å². The molecule has 2 rings (SSSR count). The van der Waals surface area contributed by atoms with Crippen molar-refractivity contribution >= 4 is 9.84 Å². The molecule has 0 aromatic heterocycles. The zero-order valence-corrected chi connectivity index (χ0v) is 12.9. The van der Waals surface area contributed by atoms with Gasteiger partial charge in [0.15, 0.2) is 20.4 Å². The molecule has 1 aliphatic rings. The van der Waals surface area contributed by atoms with Crippen LogP contribution in [0.4, 0.5) is 0 Å². The quantitative estimate of drug-likeness (QED) is 0.766. The molecule has 1 aromatic rings. The average Bonchev–Trinajstić information content (AvgIpc) is 2.48. The van der Waals surface area contributed by atoms with Gasteiger partial charge in [0.05, 0.1) is 18.1 Å². The maximum atomic E-state index is 12.7. The van der Waals surface area contributed by atoms with Gasteiger partial charge in [-0.3, -0.25) is 0 Å². The molecule has 6 nitrogen and oxygen atoms in total. The van der Waals surface area contributed by atoms with E-state index in [1.165, 1.54) is 33.5 Å². The minimum atomic E-state index is -3.81. The van der Waals surface area contributed by atoms with Gasteiger partial charge in [0.2, 0.25) is 0 Å². The topological polar surface area (TPSA) is 85.6 Å². The fraction of sp³-hybridized carbons (Fsp3) is 0.500. The minimum Gasteiger partial charge on any atom is -0.497 e. The Bertz CT molecular complexity index is 648. The van der Waals surface area contributed by atoms with E-state index in [2.05, 4.69) is 0 Å². The molecule has 0 amide bonds. The van der Waals surface area contributed by atoms with Gasteiger partial charge in [-0.2, -0.15) is 5.26 Å². The third-order valence-electron chi connectivity index (χ3n) is 3.94. The van der Waals surface area contributed by atoms with E-state index in [0.717, 1.165) is 0 Å². The number of hydrogen-bond donors (Lipinski definition) is 0. The van der Waals surface area contributed by atoms with Crippen LogP contribution in [0.5, 0.6) is 5.75 Å². The van der Waals surface area contributed by atoms with E-state index in [1.807, 2.05) is 6.07 Å². The van der Waals surface area contributed by atoms with Crippen molar-refractivity contribution in [1.29, 1.82) is 5.26 Å². The summed E-state index contributed by atoms with van der Waals surface area (Å²) in [4.78, 5) is 0.0886. The first-order valence-electron chi connectivity index (χ1n) is 6.29. The van der Waals surface area contributed by atoms with Crippen molar-refractivity contribution in [2.24, 2.45) is 0 Å². The number of nitrogens with zero attached hydrogens (tertiary/aromatic N) is 1. The molecular weight excluding hydrogens is 294 g/mol. The molecule has 1 fully saturated rings. The lowest BCUT2D eigenvalue weighted by Gasteiger charge is -2.49. The number of methoxy groups -OCH3 is 3. The molecule has 0 atom stereocenters. The zero-order chi connectivity index (χ0) is 15.7. The molecule has 1 aromatic carbocycles. The first-order chi connectivity index (χ1) is 9.88. The van der Waals surface area contributed by atoms with Gasteiger partial charge in [-0.25, -0.2) is 8.42 Å². The average molecular weight is 311 g/mol. The Morgan fingerprint density at radius 3 is 2.00 bits per heavy atom. The smallest absolute Gasteiger partial charge is 0.197 e. The first-order valence-corrected chi connectivity index (χ1v) is 7.77. The SMILES string of the molecule is COc1ccc(S(=O)(=O)C2(C#N)CC(OC)(OC)C2)cc1. The molecule has 7 heteroatoms. The van der Waals surface area contributed by atoms with Gasteiger partial charge in [0.25, 0.3) is 0 Å². The lowest BCUT2D eigenvalue weighted by Crippen LogP contribution is -2.61. The van der Waals surface area contributed by atoms with E-state index < -0.39 is 20.4 Å². The highest BCUT2D eigenvalue weighted by molar-refractivity contribution is 7.93.